The molecule has 0 saturated heterocycles. The van der Waals surface area contributed by atoms with Crippen LogP contribution in [0, 0.1) is 0 Å². The van der Waals surface area contributed by atoms with Gasteiger partial charge in [0.05, 0.1) is 0 Å². The zero-order valence-electron chi connectivity index (χ0n) is 13.5. The van der Waals surface area contributed by atoms with E-state index in [0.29, 0.717) is 0 Å². The standard InChI is InChI=1S/C24H14S/c1-2-6-16-15(5-1)9-10-18-17(16)11-12-20-19(18)13-14-23-24(20)21-7-3-4-8-22(21)25-23/h1-14H. The van der Waals surface area contributed by atoms with Gasteiger partial charge in [0, 0.05) is 20.2 Å². The first-order chi connectivity index (χ1) is 12.4. The van der Waals surface area contributed by atoms with E-state index < -0.39 is 0 Å². The minimum atomic E-state index is 1.30. The molecule has 0 aliphatic rings. The molecule has 0 fully saturated rings. The molecule has 0 radical (unpaired) electrons. The van der Waals surface area contributed by atoms with Gasteiger partial charge in [-0.25, -0.2) is 0 Å². The first-order valence-corrected chi connectivity index (χ1v) is 9.36. The van der Waals surface area contributed by atoms with Gasteiger partial charge in [0.1, 0.15) is 0 Å². The largest absolute Gasteiger partial charge is 0.135 e. The normalized spacial score (nSPS) is 12.0. The molecular formula is C24H14S. The topological polar surface area (TPSA) is 0 Å². The van der Waals surface area contributed by atoms with Crippen LogP contribution in [0.25, 0.3) is 52.5 Å². The Morgan fingerprint density at radius 2 is 1.04 bits per heavy atom. The van der Waals surface area contributed by atoms with Crippen LogP contribution in [0.15, 0.2) is 84.9 Å². The van der Waals surface area contributed by atoms with Gasteiger partial charge in [-0.15, -0.1) is 11.3 Å². The minimum absolute atomic E-state index is 1.30. The van der Waals surface area contributed by atoms with E-state index in [0.717, 1.165) is 0 Å². The maximum Gasteiger partial charge on any atom is 0.0361 e. The molecule has 0 aliphatic heterocycles. The number of hydrogen-bond acceptors (Lipinski definition) is 1. The Balaban J connectivity index is 1.87. The van der Waals surface area contributed by atoms with Gasteiger partial charge in [0.2, 0.25) is 0 Å². The van der Waals surface area contributed by atoms with E-state index in [9.17, 15) is 0 Å². The predicted octanol–water partition coefficient (Wildman–Crippen LogP) is 7.51. The van der Waals surface area contributed by atoms with E-state index in [1.165, 1.54) is 52.5 Å². The Morgan fingerprint density at radius 1 is 0.400 bits per heavy atom. The van der Waals surface area contributed by atoms with Gasteiger partial charge in [0.15, 0.2) is 0 Å². The third-order valence-corrected chi connectivity index (χ3v) is 6.40. The van der Waals surface area contributed by atoms with Gasteiger partial charge in [-0.2, -0.15) is 0 Å². The first-order valence-electron chi connectivity index (χ1n) is 8.54. The van der Waals surface area contributed by atoms with Crippen molar-refractivity contribution < 1.29 is 0 Å². The van der Waals surface area contributed by atoms with Crippen molar-refractivity contribution in [3.05, 3.63) is 84.9 Å². The highest BCUT2D eigenvalue weighted by Crippen LogP contribution is 2.41. The summed E-state index contributed by atoms with van der Waals surface area (Å²) in [7, 11) is 0. The lowest BCUT2D eigenvalue weighted by Crippen LogP contribution is -1.81. The molecule has 0 N–H and O–H groups in total. The smallest absolute Gasteiger partial charge is 0.0361 e. The summed E-state index contributed by atoms with van der Waals surface area (Å²) in [5.41, 5.74) is 0. The zero-order chi connectivity index (χ0) is 16.4. The molecule has 6 aromatic rings. The Kier molecular flexibility index (Phi) is 2.58. The van der Waals surface area contributed by atoms with Crippen molar-refractivity contribution in [1.29, 1.82) is 0 Å². The van der Waals surface area contributed by atoms with Crippen LogP contribution >= 0.6 is 11.3 Å². The number of hydrogen-bond donors (Lipinski definition) is 0. The van der Waals surface area contributed by atoms with Crippen molar-refractivity contribution in [1.82, 2.24) is 0 Å². The lowest BCUT2D eigenvalue weighted by Gasteiger charge is -2.08. The monoisotopic (exact) mass is 334 g/mol. The van der Waals surface area contributed by atoms with Gasteiger partial charge in [-0.05, 0) is 44.5 Å². The van der Waals surface area contributed by atoms with Crippen LogP contribution in [-0.2, 0) is 0 Å². The molecule has 0 atom stereocenters. The van der Waals surface area contributed by atoms with E-state index in [4.69, 9.17) is 0 Å². The molecule has 0 bridgehead atoms. The molecule has 0 amide bonds. The van der Waals surface area contributed by atoms with Crippen LogP contribution in [0.5, 0.6) is 0 Å². The van der Waals surface area contributed by atoms with E-state index in [1.807, 2.05) is 11.3 Å². The maximum atomic E-state index is 2.31. The second-order valence-electron chi connectivity index (χ2n) is 6.58. The van der Waals surface area contributed by atoms with Crippen LogP contribution in [0.1, 0.15) is 0 Å². The van der Waals surface area contributed by atoms with Gasteiger partial charge in [0.25, 0.3) is 0 Å². The van der Waals surface area contributed by atoms with Crippen molar-refractivity contribution in [2.75, 3.05) is 0 Å². The van der Waals surface area contributed by atoms with Gasteiger partial charge >= 0.3 is 0 Å². The Hall–Kier alpha value is -2.90. The van der Waals surface area contributed by atoms with Crippen LogP contribution < -0.4 is 0 Å². The number of benzene rings is 5. The predicted molar refractivity (Wildman–Crippen MR) is 112 cm³/mol. The van der Waals surface area contributed by atoms with Crippen molar-refractivity contribution in [2.45, 2.75) is 0 Å². The minimum Gasteiger partial charge on any atom is -0.135 e. The summed E-state index contributed by atoms with van der Waals surface area (Å²) in [5, 5.41) is 10.8. The SMILES string of the molecule is c1ccc2c(c1)ccc1c2ccc2c1ccc1sc3ccccc3c12. The number of fused-ring (bicyclic) bond motifs is 9. The summed E-state index contributed by atoms with van der Waals surface area (Å²) in [6, 6.07) is 31.1. The fourth-order valence-corrected chi connectivity index (χ4v) is 5.25. The van der Waals surface area contributed by atoms with Crippen molar-refractivity contribution in [3.8, 4) is 0 Å². The summed E-state index contributed by atoms with van der Waals surface area (Å²) in [5.74, 6) is 0. The van der Waals surface area contributed by atoms with Gasteiger partial charge in [-0.1, -0.05) is 72.8 Å². The zero-order valence-corrected chi connectivity index (χ0v) is 14.3. The van der Waals surface area contributed by atoms with Gasteiger partial charge < -0.3 is 0 Å². The Labute approximate surface area is 148 Å². The molecule has 0 spiro atoms. The van der Waals surface area contributed by atoms with E-state index in [1.54, 1.807) is 0 Å². The highest BCUT2D eigenvalue weighted by atomic mass is 32.1. The Morgan fingerprint density at radius 3 is 2.00 bits per heavy atom. The van der Waals surface area contributed by atoms with E-state index in [-0.39, 0.29) is 0 Å². The molecule has 6 rings (SSSR count). The highest BCUT2D eigenvalue weighted by Gasteiger charge is 2.11. The highest BCUT2D eigenvalue weighted by molar-refractivity contribution is 7.26. The molecule has 0 aliphatic carbocycles. The fourth-order valence-electron chi connectivity index (χ4n) is 4.13. The molecule has 0 saturated carbocycles. The molecule has 1 aromatic heterocycles. The fraction of sp³-hybridized carbons (Fsp3) is 0. The van der Waals surface area contributed by atoms with Crippen molar-refractivity contribution >= 4 is 63.8 Å². The molecular weight excluding hydrogens is 320 g/mol. The summed E-state index contributed by atoms with van der Waals surface area (Å²) < 4.78 is 2.73. The lowest BCUT2D eigenvalue weighted by molar-refractivity contribution is 1.79. The quantitative estimate of drug-likeness (QED) is 0.252. The molecule has 1 heterocycles. The number of thiophene rings is 1. The van der Waals surface area contributed by atoms with Crippen molar-refractivity contribution in [3.63, 3.8) is 0 Å². The van der Waals surface area contributed by atoms with Crippen LogP contribution in [-0.4, -0.2) is 0 Å². The van der Waals surface area contributed by atoms with Crippen molar-refractivity contribution in [2.24, 2.45) is 0 Å². The van der Waals surface area contributed by atoms with Crippen LogP contribution in [0.2, 0.25) is 0 Å². The first kappa shape index (κ1) is 13.4. The molecule has 116 valence electrons. The second kappa shape index (κ2) is 4.81. The third-order valence-electron chi connectivity index (χ3n) is 5.26. The Bertz CT molecular complexity index is 1440. The lowest BCUT2D eigenvalue weighted by atomic mass is 9.95. The van der Waals surface area contributed by atoms with Crippen LogP contribution in [0.4, 0.5) is 0 Å². The van der Waals surface area contributed by atoms with E-state index in [2.05, 4.69) is 84.9 Å². The third kappa shape index (κ3) is 1.76. The molecule has 0 nitrogen and oxygen atoms in total. The molecule has 1 heteroatoms. The maximum absolute atomic E-state index is 2.31. The summed E-state index contributed by atoms with van der Waals surface area (Å²) in [4.78, 5) is 0. The molecule has 25 heavy (non-hydrogen) atoms. The van der Waals surface area contributed by atoms with E-state index >= 15 is 0 Å². The second-order valence-corrected chi connectivity index (χ2v) is 7.66. The van der Waals surface area contributed by atoms with Gasteiger partial charge in [-0.3, -0.25) is 0 Å². The summed E-state index contributed by atoms with van der Waals surface area (Å²) in [6.07, 6.45) is 0. The summed E-state index contributed by atoms with van der Waals surface area (Å²) in [6.45, 7) is 0. The number of rotatable bonds is 0. The molecule has 0 unspecified atom stereocenters. The average Bonchev–Trinajstić information content (AvgIpc) is 3.06. The average molecular weight is 334 g/mol. The molecule has 5 aromatic carbocycles. The summed E-state index contributed by atoms with van der Waals surface area (Å²) >= 11 is 1.88. The van der Waals surface area contributed by atoms with Crippen LogP contribution in [0.3, 0.4) is 0 Å².